The Morgan fingerprint density at radius 2 is 2.25 bits per heavy atom. The number of hydrogen-bond acceptors (Lipinski definition) is 6. The van der Waals surface area contributed by atoms with E-state index in [9.17, 15) is 4.79 Å². The van der Waals surface area contributed by atoms with Crippen LogP contribution in [0.4, 0.5) is 0 Å². The van der Waals surface area contributed by atoms with Gasteiger partial charge in [-0.1, -0.05) is 17.8 Å². The van der Waals surface area contributed by atoms with Gasteiger partial charge in [-0.25, -0.2) is 0 Å². The minimum Gasteiger partial charge on any atom is -0.497 e. The Balaban J connectivity index is 1.85. The van der Waals surface area contributed by atoms with Crippen LogP contribution < -0.4 is 10.1 Å². The zero-order chi connectivity index (χ0) is 19.9. The summed E-state index contributed by atoms with van der Waals surface area (Å²) in [7, 11) is 1.64. The standard InChI is InChI=1S/C20H26N4O3S/c1-4-11-21-19(25)14(2)28-20-23-22-18(15-7-9-16(26-3)10-8-15)24(20)13-17-6-5-12-27-17/h4,7-10,14,17H,1,5-6,11-13H2,2-3H3,(H,21,25)/t14-,17+/m0/s1. The Morgan fingerprint density at radius 3 is 2.89 bits per heavy atom. The van der Waals surface area contributed by atoms with Gasteiger partial charge in [0, 0.05) is 18.7 Å². The number of carbonyl (C=O) groups excluding carboxylic acids is 1. The zero-order valence-corrected chi connectivity index (χ0v) is 17.1. The van der Waals surface area contributed by atoms with E-state index in [1.54, 1.807) is 13.2 Å². The van der Waals surface area contributed by atoms with Gasteiger partial charge in [-0.15, -0.1) is 16.8 Å². The highest BCUT2D eigenvalue weighted by Gasteiger charge is 2.24. The van der Waals surface area contributed by atoms with E-state index in [1.807, 2.05) is 31.2 Å². The summed E-state index contributed by atoms with van der Waals surface area (Å²) in [5.41, 5.74) is 0.946. The van der Waals surface area contributed by atoms with E-state index in [4.69, 9.17) is 9.47 Å². The maximum absolute atomic E-state index is 12.2. The summed E-state index contributed by atoms with van der Waals surface area (Å²) in [5, 5.41) is 12.0. The molecule has 1 N–H and O–H groups in total. The number of aromatic nitrogens is 3. The van der Waals surface area contributed by atoms with Gasteiger partial charge in [-0.05, 0) is 44.0 Å². The molecule has 1 aliphatic heterocycles. The van der Waals surface area contributed by atoms with Crippen LogP contribution in [-0.4, -0.2) is 52.3 Å². The number of carbonyl (C=O) groups is 1. The second-order valence-electron chi connectivity index (χ2n) is 6.57. The molecule has 0 unspecified atom stereocenters. The quantitative estimate of drug-likeness (QED) is 0.513. The molecular formula is C20H26N4O3S. The highest BCUT2D eigenvalue weighted by atomic mass is 32.2. The molecule has 0 spiro atoms. The maximum atomic E-state index is 12.2. The number of rotatable bonds is 9. The number of hydrogen-bond donors (Lipinski definition) is 1. The molecule has 0 aliphatic carbocycles. The molecule has 2 atom stereocenters. The van der Waals surface area contributed by atoms with Crippen molar-refractivity contribution < 1.29 is 14.3 Å². The maximum Gasteiger partial charge on any atom is 0.233 e. The first-order valence-electron chi connectivity index (χ1n) is 9.37. The van der Waals surface area contributed by atoms with Crippen molar-refractivity contribution in [3.05, 3.63) is 36.9 Å². The lowest BCUT2D eigenvalue weighted by atomic mass is 10.2. The summed E-state index contributed by atoms with van der Waals surface area (Å²) >= 11 is 1.40. The van der Waals surface area contributed by atoms with Gasteiger partial charge >= 0.3 is 0 Å². The van der Waals surface area contributed by atoms with Gasteiger partial charge in [0.15, 0.2) is 11.0 Å². The van der Waals surface area contributed by atoms with Crippen molar-refractivity contribution in [2.24, 2.45) is 0 Å². The molecule has 1 amide bonds. The minimum atomic E-state index is -0.295. The van der Waals surface area contributed by atoms with E-state index in [1.165, 1.54) is 11.8 Å². The molecule has 1 aliphatic rings. The molecule has 8 heteroatoms. The van der Waals surface area contributed by atoms with E-state index in [0.29, 0.717) is 18.2 Å². The Labute approximate surface area is 169 Å². The Hall–Kier alpha value is -2.32. The number of ether oxygens (including phenoxy) is 2. The lowest BCUT2D eigenvalue weighted by Gasteiger charge is -2.16. The Kier molecular flexibility index (Phi) is 7.11. The van der Waals surface area contributed by atoms with E-state index >= 15 is 0 Å². The normalized spacial score (nSPS) is 17.3. The predicted octanol–water partition coefficient (Wildman–Crippen LogP) is 2.92. The first kappa shape index (κ1) is 20.4. The van der Waals surface area contributed by atoms with Crippen LogP contribution in [0.2, 0.25) is 0 Å². The van der Waals surface area contributed by atoms with Crippen molar-refractivity contribution in [3.8, 4) is 17.1 Å². The third-order valence-electron chi connectivity index (χ3n) is 4.55. The predicted molar refractivity (Wildman–Crippen MR) is 110 cm³/mol. The number of nitrogens with zero attached hydrogens (tertiary/aromatic N) is 3. The zero-order valence-electron chi connectivity index (χ0n) is 16.3. The number of benzene rings is 1. The van der Waals surface area contributed by atoms with Gasteiger partial charge in [0.25, 0.3) is 0 Å². The highest BCUT2D eigenvalue weighted by molar-refractivity contribution is 8.00. The minimum absolute atomic E-state index is 0.0532. The highest BCUT2D eigenvalue weighted by Crippen LogP contribution is 2.29. The Bertz CT molecular complexity index is 800. The molecular weight excluding hydrogens is 376 g/mol. The largest absolute Gasteiger partial charge is 0.497 e. The molecule has 1 fully saturated rings. The smallest absolute Gasteiger partial charge is 0.233 e. The van der Waals surface area contributed by atoms with Gasteiger partial charge in [0.2, 0.25) is 5.91 Å². The summed E-state index contributed by atoms with van der Waals surface area (Å²) in [5.74, 6) is 1.50. The summed E-state index contributed by atoms with van der Waals surface area (Å²) < 4.78 is 13.1. The van der Waals surface area contributed by atoms with Crippen LogP contribution in [0.5, 0.6) is 5.75 Å². The average molecular weight is 403 g/mol. The van der Waals surface area contributed by atoms with Crippen molar-refractivity contribution >= 4 is 17.7 Å². The van der Waals surface area contributed by atoms with Gasteiger partial charge < -0.3 is 14.8 Å². The van der Waals surface area contributed by atoms with Crippen molar-refractivity contribution in [2.75, 3.05) is 20.3 Å². The second-order valence-corrected chi connectivity index (χ2v) is 7.88. The molecule has 2 heterocycles. The molecule has 0 bridgehead atoms. The van der Waals surface area contributed by atoms with E-state index < -0.39 is 0 Å². The molecule has 1 aromatic carbocycles. The molecule has 1 saturated heterocycles. The Morgan fingerprint density at radius 1 is 1.46 bits per heavy atom. The summed E-state index contributed by atoms with van der Waals surface area (Å²) in [6.07, 6.45) is 3.88. The molecule has 7 nitrogen and oxygen atoms in total. The first-order chi connectivity index (χ1) is 13.6. The van der Waals surface area contributed by atoms with Crippen molar-refractivity contribution in [2.45, 2.75) is 42.8 Å². The van der Waals surface area contributed by atoms with Crippen molar-refractivity contribution in [1.29, 1.82) is 0 Å². The van der Waals surface area contributed by atoms with Crippen LogP contribution in [0, 0.1) is 0 Å². The summed E-state index contributed by atoms with van der Waals surface area (Å²) in [4.78, 5) is 12.2. The summed E-state index contributed by atoms with van der Waals surface area (Å²) in [6, 6.07) is 7.73. The van der Waals surface area contributed by atoms with Crippen LogP contribution in [0.25, 0.3) is 11.4 Å². The summed E-state index contributed by atoms with van der Waals surface area (Å²) in [6.45, 7) is 7.39. The van der Waals surface area contributed by atoms with Gasteiger partial charge in [-0.2, -0.15) is 0 Å². The number of methoxy groups -OCH3 is 1. The fourth-order valence-corrected chi connectivity index (χ4v) is 3.90. The van der Waals surface area contributed by atoms with Crippen LogP contribution in [0.3, 0.4) is 0 Å². The molecule has 28 heavy (non-hydrogen) atoms. The number of amides is 1. The lowest BCUT2D eigenvalue weighted by molar-refractivity contribution is -0.120. The first-order valence-corrected chi connectivity index (χ1v) is 10.2. The third-order valence-corrected chi connectivity index (χ3v) is 5.63. The topological polar surface area (TPSA) is 78.3 Å². The van der Waals surface area contributed by atoms with Gasteiger partial charge in [-0.3, -0.25) is 9.36 Å². The average Bonchev–Trinajstić information content (AvgIpc) is 3.37. The number of nitrogens with one attached hydrogen (secondary N) is 1. The van der Waals surface area contributed by atoms with Crippen LogP contribution in [-0.2, 0) is 16.1 Å². The van der Waals surface area contributed by atoms with Crippen LogP contribution >= 0.6 is 11.8 Å². The van der Waals surface area contributed by atoms with E-state index in [2.05, 4.69) is 26.7 Å². The lowest BCUT2D eigenvalue weighted by Crippen LogP contribution is -2.31. The fourth-order valence-electron chi connectivity index (χ4n) is 3.01. The van der Waals surface area contributed by atoms with E-state index in [0.717, 1.165) is 36.6 Å². The van der Waals surface area contributed by atoms with Gasteiger partial charge in [0.1, 0.15) is 5.75 Å². The SMILES string of the molecule is C=CCNC(=O)[C@H](C)Sc1nnc(-c2ccc(OC)cc2)n1C[C@H]1CCCO1. The molecule has 0 saturated carbocycles. The van der Waals surface area contributed by atoms with Crippen molar-refractivity contribution in [3.63, 3.8) is 0 Å². The monoisotopic (exact) mass is 402 g/mol. The van der Waals surface area contributed by atoms with E-state index in [-0.39, 0.29) is 17.3 Å². The molecule has 2 aromatic rings. The van der Waals surface area contributed by atoms with Crippen molar-refractivity contribution in [1.82, 2.24) is 20.1 Å². The second kappa shape index (κ2) is 9.75. The fraction of sp³-hybridized carbons (Fsp3) is 0.450. The molecule has 0 radical (unpaired) electrons. The molecule has 1 aromatic heterocycles. The number of thioether (sulfide) groups is 1. The molecule has 150 valence electrons. The molecule has 3 rings (SSSR count). The van der Waals surface area contributed by atoms with Crippen LogP contribution in [0.15, 0.2) is 42.1 Å². The van der Waals surface area contributed by atoms with Crippen LogP contribution in [0.1, 0.15) is 19.8 Å². The van der Waals surface area contributed by atoms with Gasteiger partial charge in [0.05, 0.1) is 25.0 Å². The third kappa shape index (κ3) is 4.94.